The molecule has 0 aliphatic carbocycles. The molecule has 0 fully saturated rings. The summed E-state index contributed by atoms with van der Waals surface area (Å²) in [6.07, 6.45) is 8.77. The predicted molar refractivity (Wildman–Crippen MR) is 93.8 cm³/mol. The second kappa shape index (κ2) is 7.25. The van der Waals surface area contributed by atoms with E-state index in [1.807, 2.05) is 23.1 Å². The van der Waals surface area contributed by atoms with Crippen molar-refractivity contribution in [3.05, 3.63) is 64.7 Å². The maximum absolute atomic E-state index is 12.9. The summed E-state index contributed by atoms with van der Waals surface area (Å²) in [5.74, 6) is 0.0211. The first-order valence-corrected chi connectivity index (χ1v) is 8.32. The Morgan fingerprint density at radius 1 is 1.38 bits per heavy atom. The zero-order valence-electron chi connectivity index (χ0n) is 13.7. The molecule has 1 atom stereocenters. The monoisotopic (exact) mass is 323 g/mol. The lowest BCUT2D eigenvalue weighted by molar-refractivity contribution is 0.0743. The molecule has 0 spiro atoms. The number of rotatable bonds is 5. The number of nitrogens with zero attached hydrogens (tertiary/aromatic N) is 2. The number of unbranched alkanes of at least 4 members (excludes halogenated alkanes) is 1. The third kappa shape index (κ3) is 3.45. The lowest BCUT2D eigenvalue weighted by Crippen LogP contribution is -2.36. The quantitative estimate of drug-likeness (QED) is 0.860. The van der Waals surface area contributed by atoms with Crippen LogP contribution in [0.25, 0.3) is 11.3 Å². The molecule has 1 aromatic heterocycles. The van der Waals surface area contributed by atoms with E-state index in [0.29, 0.717) is 17.8 Å². The van der Waals surface area contributed by atoms with Gasteiger partial charge in [0.05, 0.1) is 18.1 Å². The average Bonchev–Trinajstić information content (AvgIpc) is 3.08. The Morgan fingerprint density at radius 2 is 2.25 bits per heavy atom. The van der Waals surface area contributed by atoms with Gasteiger partial charge in [-0.15, -0.1) is 0 Å². The van der Waals surface area contributed by atoms with Crippen molar-refractivity contribution < 1.29 is 4.79 Å². The molecule has 3 rings (SSSR count). The molecule has 2 heterocycles. The fourth-order valence-corrected chi connectivity index (χ4v) is 2.97. The van der Waals surface area contributed by atoms with E-state index in [2.05, 4.69) is 29.0 Å². The number of H-pyrrole nitrogens is 1. The van der Waals surface area contributed by atoms with Crippen LogP contribution in [0.4, 0.5) is 0 Å². The highest BCUT2D eigenvalue weighted by molar-refractivity contribution is 5.96. The van der Waals surface area contributed by atoms with E-state index in [-0.39, 0.29) is 17.5 Å². The number of aromatic amines is 1. The van der Waals surface area contributed by atoms with Crippen LogP contribution < -0.4 is 5.56 Å². The highest BCUT2D eigenvalue weighted by atomic mass is 16.2. The Labute approximate surface area is 141 Å². The highest BCUT2D eigenvalue weighted by Gasteiger charge is 2.25. The summed E-state index contributed by atoms with van der Waals surface area (Å²) in [4.78, 5) is 32.9. The third-order valence-corrected chi connectivity index (χ3v) is 4.26. The number of hydrogen-bond donors (Lipinski definition) is 1. The molecule has 0 saturated carbocycles. The van der Waals surface area contributed by atoms with Gasteiger partial charge in [-0.25, -0.2) is 4.98 Å². The molecule has 1 unspecified atom stereocenters. The summed E-state index contributed by atoms with van der Waals surface area (Å²) in [7, 11) is 0. The van der Waals surface area contributed by atoms with Crippen molar-refractivity contribution >= 4 is 5.91 Å². The number of amides is 1. The molecule has 1 aromatic carbocycles. The minimum Gasteiger partial charge on any atom is -0.328 e. The number of aromatic nitrogens is 2. The number of hydrogen-bond acceptors (Lipinski definition) is 3. The molecule has 5 heteroatoms. The van der Waals surface area contributed by atoms with E-state index < -0.39 is 0 Å². The molecular formula is C19H21N3O2. The van der Waals surface area contributed by atoms with Crippen LogP contribution in [0.1, 0.15) is 36.5 Å². The molecule has 0 saturated heterocycles. The first kappa shape index (κ1) is 16.2. The van der Waals surface area contributed by atoms with Crippen molar-refractivity contribution in [3.8, 4) is 11.3 Å². The molecule has 0 radical (unpaired) electrons. The maximum atomic E-state index is 12.9. The van der Waals surface area contributed by atoms with Crippen LogP contribution in [0.15, 0.2) is 53.6 Å². The summed E-state index contributed by atoms with van der Waals surface area (Å²) >= 11 is 0. The van der Waals surface area contributed by atoms with Crippen LogP contribution >= 0.6 is 0 Å². The standard InChI is InChI=1S/C19H21N3O2/c1-2-3-8-16-9-5-10-22(16)19(24)15-7-4-6-14(11-15)17-12-18(23)21-13-20-17/h4-7,9,11-13,16H,2-3,8,10H2,1H3,(H,20,21,23). The van der Waals surface area contributed by atoms with Crippen LogP contribution in [-0.4, -0.2) is 33.4 Å². The summed E-state index contributed by atoms with van der Waals surface area (Å²) < 4.78 is 0. The van der Waals surface area contributed by atoms with Crippen LogP contribution in [0, 0.1) is 0 Å². The Morgan fingerprint density at radius 3 is 3.04 bits per heavy atom. The summed E-state index contributed by atoms with van der Waals surface area (Å²) in [6.45, 7) is 2.81. The van der Waals surface area contributed by atoms with Gasteiger partial charge in [-0.3, -0.25) is 9.59 Å². The Balaban J connectivity index is 1.83. The predicted octanol–water partition coefficient (Wildman–Crippen LogP) is 3.01. The van der Waals surface area contributed by atoms with Gasteiger partial charge in [0.15, 0.2) is 0 Å². The van der Waals surface area contributed by atoms with Crippen molar-refractivity contribution in [1.29, 1.82) is 0 Å². The molecule has 1 amide bonds. The van der Waals surface area contributed by atoms with E-state index in [9.17, 15) is 9.59 Å². The first-order valence-electron chi connectivity index (χ1n) is 8.32. The van der Waals surface area contributed by atoms with Crippen molar-refractivity contribution in [1.82, 2.24) is 14.9 Å². The number of carbonyl (C=O) groups excluding carboxylic acids is 1. The molecule has 1 aliphatic heterocycles. The summed E-state index contributed by atoms with van der Waals surface area (Å²) in [5.41, 5.74) is 1.75. The Hall–Kier alpha value is -2.69. The minimum absolute atomic E-state index is 0.0211. The Kier molecular flexibility index (Phi) is 4.89. The van der Waals surface area contributed by atoms with E-state index in [4.69, 9.17) is 0 Å². The second-order valence-electron chi connectivity index (χ2n) is 5.97. The van der Waals surface area contributed by atoms with Gasteiger partial charge in [-0.1, -0.05) is 44.1 Å². The lowest BCUT2D eigenvalue weighted by Gasteiger charge is -2.24. The molecule has 124 valence electrons. The first-order chi connectivity index (χ1) is 11.7. The van der Waals surface area contributed by atoms with Gasteiger partial charge in [0.25, 0.3) is 11.5 Å². The van der Waals surface area contributed by atoms with Crippen molar-refractivity contribution in [2.24, 2.45) is 0 Å². The SMILES string of the molecule is CCCCC1C=CCN1C(=O)c1cccc(-c2cc(=O)[nH]cn2)c1. The summed E-state index contributed by atoms with van der Waals surface area (Å²) in [6, 6.07) is 8.92. The number of benzene rings is 1. The zero-order chi connectivity index (χ0) is 16.9. The number of carbonyl (C=O) groups is 1. The molecule has 24 heavy (non-hydrogen) atoms. The fraction of sp³-hybridized carbons (Fsp3) is 0.316. The lowest BCUT2D eigenvalue weighted by atomic mass is 10.1. The fourth-order valence-electron chi connectivity index (χ4n) is 2.97. The van der Waals surface area contributed by atoms with Gasteiger partial charge in [0.2, 0.25) is 0 Å². The summed E-state index contributed by atoms with van der Waals surface area (Å²) in [5, 5.41) is 0. The van der Waals surface area contributed by atoms with Crippen LogP contribution in [0.5, 0.6) is 0 Å². The van der Waals surface area contributed by atoms with Gasteiger partial charge in [-0.05, 0) is 18.6 Å². The normalized spacial score (nSPS) is 16.5. The van der Waals surface area contributed by atoms with E-state index in [0.717, 1.165) is 24.8 Å². The Bertz CT molecular complexity index is 810. The van der Waals surface area contributed by atoms with Crippen molar-refractivity contribution in [2.75, 3.05) is 6.54 Å². The van der Waals surface area contributed by atoms with Crippen molar-refractivity contribution in [2.45, 2.75) is 32.2 Å². The van der Waals surface area contributed by atoms with Gasteiger partial charge in [-0.2, -0.15) is 0 Å². The minimum atomic E-state index is -0.208. The molecule has 2 aromatic rings. The maximum Gasteiger partial charge on any atom is 0.254 e. The molecule has 5 nitrogen and oxygen atoms in total. The molecular weight excluding hydrogens is 302 g/mol. The number of nitrogens with one attached hydrogen (secondary N) is 1. The van der Waals surface area contributed by atoms with Crippen LogP contribution in [0.2, 0.25) is 0 Å². The van der Waals surface area contributed by atoms with Gasteiger partial charge in [0.1, 0.15) is 0 Å². The van der Waals surface area contributed by atoms with Crippen molar-refractivity contribution in [3.63, 3.8) is 0 Å². The molecule has 1 aliphatic rings. The van der Waals surface area contributed by atoms with E-state index in [1.165, 1.54) is 12.4 Å². The highest BCUT2D eigenvalue weighted by Crippen LogP contribution is 2.22. The molecule has 1 N–H and O–H groups in total. The van der Waals surface area contributed by atoms with Crippen LogP contribution in [-0.2, 0) is 0 Å². The van der Waals surface area contributed by atoms with E-state index in [1.54, 1.807) is 6.07 Å². The largest absolute Gasteiger partial charge is 0.328 e. The van der Waals surface area contributed by atoms with Gasteiger partial charge >= 0.3 is 0 Å². The topological polar surface area (TPSA) is 66.1 Å². The van der Waals surface area contributed by atoms with Gasteiger partial charge in [0, 0.05) is 23.7 Å². The van der Waals surface area contributed by atoms with E-state index >= 15 is 0 Å². The van der Waals surface area contributed by atoms with Gasteiger partial charge < -0.3 is 9.88 Å². The molecule has 0 bridgehead atoms. The third-order valence-electron chi connectivity index (χ3n) is 4.26. The average molecular weight is 323 g/mol. The zero-order valence-corrected chi connectivity index (χ0v) is 13.7. The van der Waals surface area contributed by atoms with Crippen LogP contribution in [0.3, 0.4) is 0 Å². The smallest absolute Gasteiger partial charge is 0.254 e. The second-order valence-corrected chi connectivity index (χ2v) is 5.97.